The van der Waals surface area contributed by atoms with Gasteiger partial charge in [0.15, 0.2) is 0 Å². The maximum absolute atomic E-state index is 9.89. The third-order valence-electron chi connectivity index (χ3n) is 3.76. The lowest BCUT2D eigenvalue weighted by molar-refractivity contribution is -0.0972. The standard InChI is InChI=1S/C11H21NO2/c1-9(2)12-6-4-11(5-7-12)10(13)3-8-14-11/h9-10,13H,3-8H2,1-2H3. The van der Waals surface area contributed by atoms with Crippen LogP contribution in [0.1, 0.15) is 33.1 Å². The molecule has 1 N–H and O–H groups in total. The van der Waals surface area contributed by atoms with Crippen LogP contribution in [0.5, 0.6) is 0 Å². The Labute approximate surface area is 86.0 Å². The lowest BCUT2D eigenvalue weighted by Gasteiger charge is -2.41. The fraction of sp³-hybridized carbons (Fsp3) is 1.00. The van der Waals surface area contributed by atoms with Crippen molar-refractivity contribution in [2.45, 2.75) is 50.9 Å². The van der Waals surface area contributed by atoms with E-state index >= 15 is 0 Å². The monoisotopic (exact) mass is 199 g/mol. The van der Waals surface area contributed by atoms with Crippen molar-refractivity contribution >= 4 is 0 Å². The van der Waals surface area contributed by atoms with E-state index in [2.05, 4.69) is 18.7 Å². The lowest BCUT2D eigenvalue weighted by atomic mass is 9.86. The molecule has 0 aliphatic carbocycles. The summed E-state index contributed by atoms with van der Waals surface area (Å²) in [7, 11) is 0. The van der Waals surface area contributed by atoms with Crippen molar-refractivity contribution in [3.8, 4) is 0 Å². The number of ether oxygens (including phenoxy) is 1. The third kappa shape index (κ3) is 1.69. The van der Waals surface area contributed by atoms with Crippen LogP contribution in [0.4, 0.5) is 0 Å². The fourth-order valence-corrected chi connectivity index (χ4v) is 2.63. The molecule has 2 rings (SSSR count). The van der Waals surface area contributed by atoms with E-state index in [-0.39, 0.29) is 11.7 Å². The van der Waals surface area contributed by atoms with Gasteiger partial charge in [-0.2, -0.15) is 0 Å². The molecule has 1 unspecified atom stereocenters. The van der Waals surface area contributed by atoms with E-state index in [0.29, 0.717) is 6.04 Å². The topological polar surface area (TPSA) is 32.7 Å². The minimum Gasteiger partial charge on any atom is -0.390 e. The number of hydrogen-bond acceptors (Lipinski definition) is 3. The number of nitrogens with zero attached hydrogens (tertiary/aromatic N) is 1. The van der Waals surface area contributed by atoms with E-state index in [1.54, 1.807) is 0 Å². The molecule has 2 heterocycles. The maximum atomic E-state index is 9.89. The number of rotatable bonds is 1. The van der Waals surface area contributed by atoms with Crippen LogP contribution in [0, 0.1) is 0 Å². The third-order valence-corrected chi connectivity index (χ3v) is 3.76. The molecule has 2 saturated heterocycles. The summed E-state index contributed by atoms with van der Waals surface area (Å²) in [6.07, 6.45) is 2.58. The van der Waals surface area contributed by atoms with Crippen LogP contribution in [-0.2, 0) is 4.74 Å². The highest BCUT2D eigenvalue weighted by molar-refractivity contribution is 4.97. The van der Waals surface area contributed by atoms with Crippen LogP contribution in [0.2, 0.25) is 0 Å². The highest BCUT2D eigenvalue weighted by Crippen LogP contribution is 2.36. The van der Waals surface area contributed by atoms with Crippen LogP contribution in [0.3, 0.4) is 0 Å². The van der Waals surface area contributed by atoms with E-state index in [9.17, 15) is 5.11 Å². The highest BCUT2D eigenvalue weighted by atomic mass is 16.5. The maximum Gasteiger partial charge on any atom is 0.0965 e. The summed E-state index contributed by atoms with van der Waals surface area (Å²) in [5.74, 6) is 0. The molecule has 2 aliphatic rings. The van der Waals surface area contributed by atoms with Crippen LogP contribution < -0.4 is 0 Å². The van der Waals surface area contributed by atoms with Gasteiger partial charge in [0, 0.05) is 19.1 Å². The Kier molecular flexibility index (Phi) is 2.82. The van der Waals surface area contributed by atoms with Crippen molar-refractivity contribution in [1.82, 2.24) is 4.90 Å². The Hall–Kier alpha value is -0.120. The van der Waals surface area contributed by atoms with E-state index in [0.717, 1.165) is 39.0 Å². The Morgan fingerprint density at radius 2 is 2.00 bits per heavy atom. The number of likely N-dealkylation sites (tertiary alicyclic amines) is 1. The predicted octanol–water partition coefficient (Wildman–Crippen LogP) is 1.01. The molecule has 0 aromatic rings. The van der Waals surface area contributed by atoms with Crippen molar-refractivity contribution in [2.75, 3.05) is 19.7 Å². The number of hydrogen-bond donors (Lipinski definition) is 1. The summed E-state index contributed by atoms with van der Waals surface area (Å²) in [5.41, 5.74) is -0.189. The predicted molar refractivity (Wildman–Crippen MR) is 55.2 cm³/mol. The van der Waals surface area contributed by atoms with E-state index in [1.807, 2.05) is 0 Å². The normalized spacial score (nSPS) is 33.0. The van der Waals surface area contributed by atoms with Gasteiger partial charge in [-0.25, -0.2) is 0 Å². The van der Waals surface area contributed by atoms with E-state index in [1.165, 1.54) is 0 Å². The van der Waals surface area contributed by atoms with Gasteiger partial charge < -0.3 is 14.7 Å². The minimum atomic E-state index is -0.225. The highest BCUT2D eigenvalue weighted by Gasteiger charge is 2.45. The second kappa shape index (κ2) is 3.80. The van der Waals surface area contributed by atoms with Crippen molar-refractivity contribution < 1.29 is 9.84 Å². The van der Waals surface area contributed by atoms with Crippen molar-refractivity contribution in [1.29, 1.82) is 0 Å². The fourth-order valence-electron chi connectivity index (χ4n) is 2.63. The number of piperidine rings is 1. The van der Waals surface area contributed by atoms with Gasteiger partial charge in [-0.3, -0.25) is 0 Å². The van der Waals surface area contributed by atoms with E-state index in [4.69, 9.17) is 4.74 Å². The summed E-state index contributed by atoms with van der Waals surface area (Å²) in [5, 5.41) is 9.89. The second-order valence-corrected chi connectivity index (χ2v) is 4.85. The van der Waals surface area contributed by atoms with Crippen LogP contribution in [0.25, 0.3) is 0 Å². The number of aliphatic hydroxyl groups excluding tert-OH is 1. The summed E-state index contributed by atoms with van der Waals surface area (Å²) < 4.78 is 5.75. The van der Waals surface area contributed by atoms with Crippen molar-refractivity contribution in [3.63, 3.8) is 0 Å². The zero-order chi connectivity index (χ0) is 10.2. The van der Waals surface area contributed by atoms with Crippen LogP contribution >= 0.6 is 0 Å². The Morgan fingerprint density at radius 3 is 2.43 bits per heavy atom. The minimum absolute atomic E-state index is 0.189. The van der Waals surface area contributed by atoms with Gasteiger partial charge in [0.05, 0.1) is 18.3 Å². The molecule has 0 amide bonds. The molecule has 82 valence electrons. The molecule has 0 saturated carbocycles. The average Bonchev–Trinajstić information content (AvgIpc) is 2.49. The van der Waals surface area contributed by atoms with E-state index < -0.39 is 0 Å². The van der Waals surface area contributed by atoms with Gasteiger partial charge in [0.25, 0.3) is 0 Å². The average molecular weight is 199 g/mol. The van der Waals surface area contributed by atoms with Crippen LogP contribution in [0.15, 0.2) is 0 Å². The zero-order valence-corrected chi connectivity index (χ0v) is 9.20. The molecule has 0 radical (unpaired) electrons. The molecule has 1 atom stereocenters. The van der Waals surface area contributed by atoms with Crippen molar-refractivity contribution in [2.24, 2.45) is 0 Å². The molecule has 0 aromatic carbocycles. The number of aliphatic hydroxyl groups is 1. The molecule has 0 bridgehead atoms. The first-order chi connectivity index (χ1) is 6.64. The lowest BCUT2D eigenvalue weighted by Crippen LogP contribution is -2.51. The van der Waals surface area contributed by atoms with Crippen LogP contribution in [-0.4, -0.2) is 47.4 Å². The molecule has 1 spiro atoms. The zero-order valence-electron chi connectivity index (χ0n) is 9.20. The van der Waals surface area contributed by atoms with Crippen molar-refractivity contribution in [3.05, 3.63) is 0 Å². The first-order valence-electron chi connectivity index (χ1n) is 5.70. The molecule has 3 heteroatoms. The summed E-state index contributed by atoms with van der Waals surface area (Å²) in [6.45, 7) is 7.32. The van der Waals surface area contributed by atoms with Gasteiger partial charge in [-0.05, 0) is 33.1 Å². The Bertz CT molecular complexity index is 197. The quantitative estimate of drug-likeness (QED) is 0.684. The first-order valence-corrected chi connectivity index (χ1v) is 5.70. The molecule has 2 fully saturated rings. The molecule has 14 heavy (non-hydrogen) atoms. The largest absolute Gasteiger partial charge is 0.390 e. The SMILES string of the molecule is CC(C)N1CCC2(CC1)OCCC2O. The Balaban J connectivity index is 1.94. The molecule has 2 aliphatic heterocycles. The summed E-state index contributed by atoms with van der Waals surface area (Å²) in [6, 6.07) is 0.617. The first kappa shape index (κ1) is 10.4. The summed E-state index contributed by atoms with van der Waals surface area (Å²) in [4.78, 5) is 2.46. The smallest absolute Gasteiger partial charge is 0.0965 e. The van der Waals surface area contributed by atoms with Gasteiger partial charge in [-0.15, -0.1) is 0 Å². The molecule has 3 nitrogen and oxygen atoms in total. The van der Waals surface area contributed by atoms with Gasteiger partial charge in [0.2, 0.25) is 0 Å². The molecular weight excluding hydrogens is 178 g/mol. The summed E-state index contributed by atoms with van der Waals surface area (Å²) >= 11 is 0. The Morgan fingerprint density at radius 1 is 1.36 bits per heavy atom. The van der Waals surface area contributed by atoms with Gasteiger partial charge >= 0.3 is 0 Å². The molecular formula is C11H21NO2. The molecule has 0 aromatic heterocycles. The van der Waals surface area contributed by atoms with Gasteiger partial charge in [0.1, 0.15) is 0 Å². The van der Waals surface area contributed by atoms with Gasteiger partial charge in [-0.1, -0.05) is 0 Å². The second-order valence-electron chi connectivity index (χ2n) is 4.85.